The van der Waals surface area contributed by atoms with Crippen molar-refractivity contribution in [3.8, 4) is 11.5 Å². The summed E-state index contributed by atoms with van der Waals surface area (Å²) in [5.74, 6) is -1.31. The molecule has 0 aliphatic carbocycles. The fraction of sp³-hybridized carbons (Fsp3) is 0.100. The van der Waals surface area contributed by atoms with Crippen molar-refractivity contribution < 1.29 is 32.3 Å². The summed E-state index contributed by atoms with van der Waals surface area (Å²) >= 11 is 0. The standard InChI is InChI=1S/C30H26N2O7S/c1-20(33)38-24-16-23(17-25(18-24)39-21(2)34)14-15-30(35)32-28-12-6-11-27-26(28)10-7-13-29(27)40(36,37)31-19-22-8-4-3-5-9-22/h3-18,31H,19H2,1-2H3,(H,32,35)/b15-14+. The molecule has 0 radical (unpaired) electrons. The molecule has 0 aliphatic heterocycles. The predicted octanol–water partition coefficient (Wildman–Crippen LogP) is 4.82. The third kappa shape index (κ3) is 7.40. The Balaban J connectivity index is 1.56. The van der Waals surface area contributed by atoms with Gasteiger partial charge in [0.25, 0.3) is 0 Å². The first kappa shape index (κ1) is 28.2. The van der Waals surface area contributed by atoms with Gasteiger partial charge in [0.2, 0.25) is 15.9 Å². The summed E-state index contributed by atoms with van der Waals surface area (Å²) in [4.78, 5) is 35.6. The molecule has 0 unspecified atom stereocenters. The minimum Gasteiger partial charge on any atom is -0.427 e. The molecule has 4 rings (SSSR count). The molecule has 1 amide bonds. The Morgan fingerprint density at radius 3 is 2.05 bits per heavy atom. The number of sulfonamides is 1. The van der Waals surface area contributed by atoms with Crippen LogP contribution in [0, 0.1) is 0 Å². The van der Waals surface area contributed by atoms with Crippen LogP contribution in [0.1, 0.15) is 25.0 Å². The van der Waals surface area contributed by atoms with Gasteiger partial charge in [-0.2, -0.15) is 0 Å². The first-order valence-corrected chi connectivity index (χ1v) is 13.7. The van der Waals surface area contributed by atoms with Gasteiger partial charge in [0.15, 0.2) is 0 Å². The highest BCUT2D eigenvalue weighted by Crippen LogP contribution is 2.29. The molecular formula is C30H26N2O7S. The number of rotatable bonds is 9. The highest BCUT2D eigenvalue weighted by Gasteiger charge is 2.18. The van der Waals surface area contributed by atoms with Crippen molar-refractivity contribution in [2.75, 3.05) is 5.32 Å². The molecule has 4 aromatic carbocycles. The van der Waals surface area contributed by atoms with Gasteiger partial charge < -0.3 is 14.8 Å². The normalized spacial score (nSPS) is 11.3. The fourth-order valence-electron chi connectivity index (χ4n) is 3.96. The van der Waals surface area contributed by atoms with E-state index in [9.17, 15) is 22.8 Å². The van der Waals surface area contributed by atoms with Gasteiger partial charge in [0, 0.05) is 49.0 Å². The maximum absolute atomic E-state index is 13.1. The van der Waals surface area contributed by atoms with Gasteiger partial charge >= 0.3 is 11.9 Å². The molecule has 0 bridgehead atoms. The molecule has 0 aliphatic rings. The average molecular weight is 559 g/mol. The molecule has 2 N–H and O–H groups in total. The second-order valence-electron chi connectivity index (χ2n) is 8.71. The number of hydrogen-bond acceptors (Lipinski definition) is 7. The Bertz CT molecular complexity index is 1680. The van der Waals surface area contributed by atoms with E-state index in [2.05, 4.69) is 10.0 Å². The van der Waals surface area contributed by atoms with Gasteiger partial charge in [0.1, 0.15) is 11.5 Å². The monoisotopic (exact) mass is 558 g/mol. The predicted molar refractivity (Wildman–Crippen MR) is 151 cm³/mol. The zero-order valence-corrected chi connectivity index (χ0v) is 22.5. The quantitative estimate of drug-likeness (QED) is 0.171. The van der Waals surface area contributed by atoms with Crippen molar-refractivity contribution in [2.45, 2.75) is 25.3 Å². The van der Waals surface area contributed by atoms with Crippen molar-refractivity contribution in [1.82, 2.24) is 4.72 Å². The maximum atomic E-state index is 13.1. The highest BCUT2D eigenvalue weighted by atomic mass is 32.2. The molecule has 4 aromatic rings. The van der Waals surface area contributed by atoms with Crippen LogP contribution in [0.5, 0.6) is 11.5 Å². The van der Waals surface area contributed by atoms with Gasteiger partial charge in [-0.1, -0.05) is 54.6 Å². The van der Waals surface area contributed by atoms with Crippen LogP contribution >= 0.6 is 0 Å². The van der Waals surface area contributed by atoms with Crippen molar-refractivity contribution in [3.05, 3.63) is 102 Å². The lowest BCUT2D eigenvalue weighted by Crippen LogP contribution is -2.23. The Kier molecular flexibility index (Phi) is 8.73. The first-order valence-electron chi connectivity index (χ1n) is 12.2. The maximum Gasteiger partial charge on any atom is 0.308 e. The molecule has 40 heavy (non-hydrogen) atoms. The Hall–Kier alpha value is -4.80. The van der Waals surface area contributed by atoms with Crippen LogP contribution in [0.3, 0.4) is 0 Å². The molecule has 0 heterocycles. The Labute approximate surface area is 231 Å². The minimum absolute atomic E-state index is 0.0906. The number of hydrogen-bond donors (Lipinski definition) is 2. The van der Waals surface area contributed by atoms with E-state index in [-0.39, 0.29) is 22.9 Å². The molecule has 0 saturated carbocycles. The minimum atomic E-state index is -3.85. The third-order valence-corrected chi connectivity index (χ3v) is 7.05. The number of esters is 2. The molecule has 0 fully saturated rings. The summed E-state index contributed by atoms with van der Waals surface area (Å²) in [6.07, 6.45) is 2.72. The van der Waals surface area contributed by atoms with Crippen molar-refractivity contribution in [3.63, 3.8) is 0 Å². The summed E-state index contributed by atoms with van der Waals surface area (Å²) in [6, 6.07) is 23.4. The van der Waals surface area contributed by atoms with E-state index in [1.165, 1.54) is 50.3 Å². The first-order chi connectivity index (χ1) is 19.1. The van der Waals surface area contributed by atoms with Crippen LogP contribution in [0.2, 0.25) is 0 Å². The summed E-state index contributed by atoms with van der Waals surface area (Å²) in [5, 5.41) is 3.77. The van der Waals surface area contributed by atoms with Gasteiger partial charge in [-0.15, -0.1) is 0 Å². The lowest BCUT2D eigenvalue weighted by molar-refractivity contribution is -0.132. The second-order valence-corrected chi connectivity index (χ2v) is 10.4. The van der Waals surface area contributed by atoms with Crippen molar-refractivity contribution in [2.24, 2.45) is 0 Å². The largest absolute Gasteiger partial charge is 0.427 e. The van der Waals surface area contributed by atoms with Crippen molar-refractivity contribution >= 4 is 50.4 Å². The van der Waals surface area contributed by atoms with Crippen LogP contribution in [-0.2, 0) is 31.0 Å². The highest BCUT2D eigenvalue weighted by molar-refractivity contribution is 7.89. The van der Waals surface area contributed by atoms with Crippen LogP contribution in [0.15, 0.2) is 95.9 Å². The fourth-order valence-corrected chi connectivity index (χ4v) is 5.20. The Morgan fingerprint density at radius 1 is 0.775 bits per heavy atom. The van der Waals surface area contributed by atoms with Crippen molar-refractivity contribution in [1.29, 1.82) is 0 Å². The molecule has 10 heteroatoms. The number of carbonyl (C=O) groups excluding carboxylic acids is 3. The lowest BCUT2D eigenvalue weighted by atomic mass is 10.1. The summed E-state index contributed by atoms with van der Waals surface area (Å²) < 4.78 is 39.1. The Morgan fingerprint density at radius 2 is 1.40 bits per heavy atom. The molecule has 0 saturated heterocycles. The lowest BCUT2D eigenvalue weighted by Gasteiger charge is -2.12. The van der Waals surface area contributed by atoms with Gasteiger partial charge in [-0.3, -0.25) is 14.4 Å². The van der Waals surface area contributed by atoms with E-state index in [1.54, 1.807) is 30.3 Å². The van der Waals surface area contributed by atoms with Gasteiger partial charge in [0.05, 0.1) is 4.90 Å². The zero-order chi connectivity index (χ0) is 28.7. The van der Waals surface area contributed by atoms with Gasteiger partial charge in [-0.05, 0) is 41.5 Å². The molecule has 204 valence electrons. The molecule has 0 atom stereocenters. The average Bonchev–Trinajstić information content (AvgIpc) is 2.90. The summed E-state index contributed by atoms with van der Waals surface area (Å²) in [6.45, 7) is 2.61. The molecule has 9 nitrogen and oxygen atoms in total. The summed E-state index contributed by atoms with van der Waals surface area (Å²) in [5.41, 5.74) is 1.69. The van der Waals surface area contributed by atoms with E-state index in [4.69, 9.17) is 9.47 Å². The van der Waals surface area contributed by atoms with E-state index in [1.807, 2.05) is 30.3 Å². The van der Waals surface area contributed by atoms with Gasteiger partial charge in [-0.25, -0.2) is 13.1 Å². The van der Waals surface area contributed by atoms with Crippen LogP contribution in [-0.4, -0.2) is 26.3 Å². The number of anilines is 1. The molecule has 0 spiro atoms. The number of ether oxygens (including phenoxy) is 2. The van der Waals surface area contributed by atoms with Crippen LogP contribution in [0.25, 0.3) is 16.8 Å². The number of amides is 1. The number of nitrogens with one attached hydrogen (secondary N) is 2. The summed E-state index contributed by atoms with van der Waals surface area (Å²) in [7, 11) is -3.85. The van der Waals surface area contributed by atoms with E-state index in [0.29, 0.717) is 22.0 Å². The van der Waals surface area contributed by atoms with E-state index in [0.717, 1.165) is 5.56 Å². The SMILES string of the molecule is CC(=O)Oc1cc(/C=C/C(=O)Nc2cccc3c(S(=O)(=O)NCc4ccccc4)cccc23)cc(OC(C)=O)c1. The van der Waals surface area contributed by atoms with E-state index >= 15 is 0 Å². The zero-order valence-electron chi connectivity index (χ0n) is 21.7. The van der Waals surface area contributed by atoms with E-state index < -0.39 is 27.9 Å². The molecule has 0 aromatic heterocycles. The van der Waals surface area contributed by atoms with Crippen LogP contribution in [0.4, 0.5) is 5.69 Å². The number of fused-ring (bicyclic) bond motifs is 1. The third-order valence-electron chi connectivity index (χ3n) is 5.59. The van der Waals surface area contributed by atoms with Crippen LogP contribution < -0.4 is 19.5 Å². The topological polar surface area (TPSA) is 128 Å². The number of carbonyl (C=O) groups is 3. The number of benzene rings is 4. The molecular weight excluding hydrogens is 532 g/mol. The second kappa shape index (κ2) is 12.4. The smallest absolute Gasteiger partial charge is 0.308 e.